The third kappa shape index (κ3) is 6.08. The number of anilines is 2. The molecule has 1 aliphatic rings. The lowest BCUT2D eigenvalue weighted by Gasteiger charge is -2.28. The molecule has 33 heavy (non-hydrogen) atoms. The minimum absolute atomic E-state index is 0.112. The molecule has 2 amide bonds. The molecule has 0 bridgehead atoms. The number of nitrogens with one attached hydrogen (secondary N) is 1. The first kappa shape index (κ1) is 24.7. The van der Waals surface area contributed by atoms with Crippen molar-refractivity contribution in [3.63, 3.8) is 0 Å². The molecule has 7 nitrogen and oxygen atoms in total. The highest BCUT2D eigenvalue weighted by molar-refractivity contribution is 6.31. The van der Waals surface area contributed by atoms with Crippen molar-refractivity contribution in [2.45, 2.75) is 38.3 Å². The highest BCUT2D eigenvalue weighted by atomic mass is 35.5. The maximum absolute atomic E-state index is 13.1. The van der Waals surface area contributed by atoms with Crippen molar-refractivity contribution in [1.82, 2.24) is 5.32 Å². The fourth-order valence-corrected chi connectivity index (χ4v) is 3.57. The number of carbonyl (C=O) groups is 2. The molecule has 0 fully saturated rings. The monoisotopic (exact) mass is 484 g/mol. The van der Waals surface area contributed by atoms with Gasteiger partial charge in [0.1, 0.15) is 11.8 Å². The van der Waals surface area contributed by atoms with Crippen LogP contribution < -0.4 is 25.6 Å². The van der Waals surface area contributed by atoms with Crippen LogP contribution >= 0.6 is 11.6 Å². The summed E-state index contributed by atoms with van der Waals surface area (Å²) in [5.41, 5.74) is 6.57. The van der Waals surface area contributed by atoms with E-state index in [0.717, 1.165) is 0 Å². The van der Waals surface area contributed by atoms with Crippen LogP contribution in [0.5, 0.6) is 5.75 Å². The zero-order chi connectivity index (χ0) is 24.6. The lowest BCUT2D eigenvalue weighted by molar-refractivity contribution is -0.274. The molecule has 3 N–H and O–H groups in total. The van der Waals surface area contributed by atoms with Crippen molar-refractivity contribution in [3.8, 4) is 5.75 Å². The van der Waals surface area contributed by atoms with Gasteiger partial charge in [-0.1, -0.05) is 23.7 Å². The number of halogens is 4. The van der Waals surface area contributed by atoms with E-state index in [1.165, 1.54) is 43.0 Å². The van der Waals surface area contributed by atoms with Crippen molar-refractivity contribution in [2.75, 3.05) is 23.4 Å². The van der Waals surface area contributed by atoms with E-state index in [2.05, 4.69) is 10.1 Å². The Balaban J connectivity index is 1.93. The smallest absolute Gasteiger partial charge is 0.406 e. The average molecular weight is 485 g/mol. The Bertz CT molecular complexity index is 1040. The van der Waals surface area contributed by atoms with Crippen LogP contribution in [-0.4, -0.2) is 43.3 Å². The molecule has 2 aromatic rings. The number of hydrogen-bond acceptors (Lipinski definition) is 5. The van der Waals surface area contributed by atoms with E-state index in [-0.39, 0.29) is 24.7 Å². The molecule has 0 radical (unpaired) electrons. The first-order valence-electron chi connectivity index (χ1n) is 10.0. The number of fused-ring (bicyclic) bond motifs is 1. The number of ether oxygens (including phenoxy) is 1. The lowest BCUT2D eigenvalue weighted by Crippen LogP contribution is -2.58. The Morgan fingerprint density at radius 2 is 1.82 bits per heavy atom. The predicted molar refractivity (Wildman–Crippen MR) is 119 cm³/mol. The second kappa shape index (κ2) is 9.11. The maximum Gasteiger partial charge on any atom is 0.573 e. The highest BCUT2D eigenvalue weighted by Crippen LogP contribution is 2.35. The van der Waals surface area contributed by atoms with Gasteiger partial charge in [0.2, 0.25) is 5.91 Å². The van der Waals surface area contributed by atoms with Gasteiger partial charge < -0.3 is 25.6 Å². The molecule has 1 heterocycles. The Morgan fingerprint density at radius 1 is 1.18 bits per heavy atom. The average Bonchev–Trinajstić information content (AvgIpc) is 2.79. The molecule has 0 saturated carbocycles. The molecule has 2 aromatic carbocycles. The van der Waals surface area contributed by atoms with E-state index in [0.29, 0.717) is 22.0 Å². The van der Waals surface area contributed by atoms with Gasteiger partial charge in [0.25, 0.3) is 5.91 Å². The topological polar surface area (TPSA) is 87.9 Å². The minimum atomic E-state index is -4.78. The molecule has 3 rings (SSSR count). The van der Waals surface area contributed by atoms with Crippen LogP contribution in [-0.2, 0) is 16.1 Å². The van der Waals surface area contributed by atoms with Crippen LogP contribution in [0.1, 0.15) is 19.4 Å². The van der Waals surface area contributed by atoms with Gasteiger partial charge in [-0.05, 0) is 49.7 Å². The maximum atomic E-state index is 13.1. The third-order valence-electron chi connectivity index (χ3n) is 5.09. The molecule has 0 aromatic heterocycles. The number of benzene rings is 2. The van der Waals surface area contributed by atoms with E-state index in [9.17, 15) is 22.8 Å². The third-order valence-corrected chi connectivity index (χ3v) is 5.33. The van der Waals surface area contributed by atoms with Crippen LogP contribution in [0.4, 0.5) is 24.5 Å². The Labute approximate surface area is 194 Å². The second-order valence-corrected chi connectivity index (χ2v) is 8.79. The minimum Gasteiger partial charge on any atom is -0.406 e. The van der Waals surface area contributed by atoms with Gasteiger partial charge in [-0.15, -0.1) is 13.2 Å². The summed E-state index contributed by atoms with van der Waals surface area (Å²) < 4.78 is 41.2. The Kier molecular flexibility index (Phi) is 6.80. The standard InChI is InChI=1S/C22H24ClF3N4O3/c1-21(2,27)20(32)28-16-12-30(11-13-4-7-15(8-5-13)33-22(24,25)26)17-9-6-14(23)10-18(17)29(3)19(16)31/h4-10,16H,11-12,27H2,1-3H3,(H,28,32)/t16-/m1/s1. The quantitative estimate of drug-likeness (QED) is 0.679. The molecular weight excluding hydrogens is 461 g/mol. The van der Waals surface area contributed by atoms with Crippen LogP contribution in [0.25, 0.3) is 0 Å². The van der Waals surface area contributed by atoms with Crippen LogP contribution in [0.2, 0.25) is 5.02 Å². The highest BCUT2D eigenvalue weighted by Gasteiger charge is 2.35. The van der Waals surface area contributed by atoms with E-state index < -0.39 is 23.9 Å². The largest absolute Gasteiger partial charge is 0.573 e. The van der Waals surface area contributed by atoms with Gasteiger partial charge in [-0.3, -0.25) is 9.59 Å². The molecule has 0 unspecified atom stereocenters. The zero-order valence-corrected chi connectivity index (χ0v) is 19.0. The van der Waals surface area contributed by atoms with Gasteiger partial charge >= 0.3 is 6.36 Å². The number of hydrogen-bond donors (Lipinski definition) is 2. The SMILES string of the molecule is CN1C(=O)[C@H](NC(=O)C(C)(C)N)CN(Cc2ccc(OC(F)(F)F)cc2)c2ccc(Cl)cc21. The summed E-state index contributed by atoms with van der Waals surface area (Å²) in [4.78, 5) is 28.9. The van der Waals surface area contributed by atoms with Crippen molar-refractivity contribution in [3.05, 3.63) is 53.1 Å². The summed E-state index contributed by atoms with van der Waals surface area (Å²) in [6.45, 7) is 3.43. The fourth-order valence-electron chi connectivity index (χ4n) is 3.40. The molecule has 0 saturated heterocycles. The Morgan fingerprint density at radius 3 is 2.39 bits per heavy atom. The Hall–Kier alpha value is -2.98. The number of nitrogens with two attached hydrogens (primary N) is 1. The number of alkyl halides is 3. The summed E-state index contributed by atoms with van der Waals surface area (Å²) >= 11 is 6.15. The predicted octanol–water partition coefficient (Wildman–Crippen LogP) is 3.44. The van der Waals surface area contributed by atoms with Gasteiger partial charge in [0, 0.05) is 25.2 Å². The van der Waals surface area contributed by atoms with Gasteiger partial charge in [0.05, 0.1) is 16.9 Å². The van der Waals surface area contributed by atoms with E-state index in [1.807, 2.05) is 4.90 Å². The van der Waals surface area contributed by atoms with Gasteiger partial charge in [-0.25, -0.2) is 0 Å². The van der Waals surface area contributed by atoms with Crippen molar-refractivity contribution < 1.29 is 27.5 Å². The molecule has 1 aliphatic heterocycles. The van der Waals surface area contributed by atoms with E-state index in [1.54, 1.807) is 25.2 Å². The summed E-state index contributed by atoms with van der Waals surface area (Å²) in [6.07, 6.45) is -4.78. The van der Waals surface area contributed by atoms with Crippen molar-refractivity contribution in [1.29, 1.82) is 0 Å². The fraction of sp³-hybridized carbons (Fsp3) is 0.364. The summed E-state index contributed by atoms with van der Waals surface area (Å²) in [5, 5.41) is 3.13. The summed E-state index contributed by atoms with van der Waals surface area (Å²) in [6, 6.07) is 9.60. The van der Waals surface area contributed by atoms with E-state index >= 15 is 0 Å². The first-order valence-corrected chi connectivity index (χ1v) is 10.4. The van der Waals surface area contributed by atoms with Crippen LogP contribution in [0.3, 0.4) is 0 Å². The molecule has 0 aliphatic carbocycles. The molecule has 11 heteroatoms. The zero-order valence-electron chi connectivity index (χ0n) is 18.2. The number of carbonyl (C=O) groups excluding carboxylic acids is 2. The molecule has 1 atom stereocenters. The van der Waals surface area contributed by atoms with E-state index in [4.69, 9.17) is 17.3 Å². The summed E-state index contributed by atoms with van der Waals surface area (Å²) in [7, 11) is 1.58. The molecule has 178 valence electrons. The number of likely N-dealkylation sites (N-methyl/N-ethyl adjacent to an activating group) is 1. The van der Waals surface area contributed by atoms with Gasteiger partial charge in [0.15, 0.2) is 0 Å². The lowest BCUT2D eigenvalue weighted by atomic mass is 10.1. The summed E-state index contributed by atoms with van der Waals surface area (Å²) in [5.74, 6) is -1.18. The van der Waals surface area contributed by atoms with Crippen LogP contribution in [0, 0.1) is 0 Å². The second-order valence-electron chi connectivity index (χ2n) is 8.35. The van der Waals surface area contributed by atoms with Crippen LogP contribution in [0.15, 0.2) is 42.5 Å². The molecule has 0 spiro atoms. The molecular formula is C22H24ClF3N4O3. The normalized spacial score (nSPS) is 16.8. The number of rotatable bonds is 5. The number of amides is 2. The van der Waals surface area contributed by atoms with Gasteiger partial charge in [-0.2, -0.15) is 0 Å². The first-order chi connectivity index (χ1) is 15.2. The number of nitrogens with zero attached hydrogens (tertiary/aromatic N) is 2. The van der Waals surface area contributed by atoms with Crippen molar-refractivity contribution >= 4 is 34.8 Å². The van der Waals surface area contributed by atoms with Crippen molar-refractivity contribution in [2.24, 2.45) is 5.73 Å².